The molecule has 2 aliphatic heterocycles. The van der Waals surface area contributed by atoms with Crippen molar-refractivity contribution in [2.45, 2.75) is 34.2 Å². The molecule has 2 heterocycles. The lowest BCUT2D eigenvalue weighted by atomic mass is 10.1. The molecule has 3 aromatic carbocycles. The van der Waals surface area contributed by atoms with Crippen molar-refractivity contribution in [1.29, 1.82) is 0 Å². The van der Waals surface area contributed by atoms with Gasteiger partial charge in [0.15, 0.2) is 0 Å². The number of nitrogens with one attached hydrogen (secondary N) is 2. The molecule has 0 saturated carbocycles. The van der Waals surface area contributed by atoms with Crippen LogP contribution in [0, 0.1) is 0 Å². The Hall–Kier alpha value is -5.31. The standard InChI is InChI=1S/C32H28N4O5/c1-18-19(2)30(39)35(29(18)38)26-13-5-22(6-14-26)17-33-24-9-11-25(12-10-24)34-28(37)23-7-15-27(16-8-23)36-31(40)20(3)21(4)32(36)41/h5-16,33H,17H2,1-4H3,(H,34,37). The average molecular weight is 549 g/mol. The van der Waals surface area contributed by atoms with Crippen molar-refractivity contribution in [2.75, 3.05) is 20.4 Å². The van der Waals surface area contributed by atoms with Crippen LogP contribution < -0.4 is 20.4 Å². The maximum Gasteiger partial charge on any atom is 0.261 e. The Morgan fingerprint density at radius 3 is 1.39 bits per heavy atom. The quantitative estimate of drug-likeness (QED) is 0.403. The highest BCUT2D eigenvalue weighted by Gasteiger charge is 2.35. The van der Waals surface area contributed by atoms with E-state index in [1.165, 1.54) is 4.90 Å². The topological polar surface area (TPSA) is 116 Å². The SMILES string of the molecule is CC1=C(C)C(=O)N(c2ccc(CNc3ccc(NC(=O)c4ccc(N5C(=O)C(C)=C(C)C5=O)cc4)cc3)cc2)C1=O. The Bertz CT molecular complexity index is 1620. The predicted octanol–water partition coefficient (Wildman–Crippen LogP) is 4.97. The van der Waals surface area contributed by atoms with Gasteiger partial charge in [0.05, 0.1) is 11.4 Å². The number of benzene rings is 3. The molecule has 3 aromatic rings. The van der Waals surface area contributed by atoms with E-state index in [-0.39, 0.29) is 29.5 Å². The lowest BCUT2D eigenvalue weighted by Crippen LogP contribution is -2.31. The number of hydrogen-bond donors (Lipinski definition) is 2. The van der Waals surface area contributed by atoms with Gasteiger partial charge in [0, 0.05) is 45.8 Å². The molecule has 5 amide bonds. The molecule has 41 heavy (non-hydrogen) atoms. The van der Waals surface area contributed by atoms with Gasteiger partial charge in [-0.15, -0.1) is 0 Å². The molecule has 0 atom stereocenters. The molecule has 0 spiro atoms. The smallest absolute Gasteiger partial charge is 0.261 e. The van der Waals surface area contributed by atoms with Gasteiger partial charge in [-0.25, -0.2) is 9.80 Å². The molecule has 0 radical (unpaired) electrons. The summed E-state index contributed by atoms with van der Waals surface area (Å²) in [7, 11) is 0. The van der Waals surface area contributed by atoms with E-state index in [2.05, 4.69) is 10.6 Å². The normalized spacial score (nSPS) is 15.4. The number of carbonyl (C=O) groups is 5. The fourth-order valence-corrected chi connectivity index (χ4v) is 4.57. The zero-order valence-corrected chi connectivity index (χ0v) is 23.1. The van der Waals surface area contributed by atoms with Gasteiger partial charge in [0.2, 0.25) is 0 Å². The molecule has 9 heteroatoms. The van der Waals surface area contributed by atoms with Crippen LogP contribution in [0.4, 0.5) is 22.7 Å². The van der Waals surface area contributed by atoms with E-state index in [1.54, 1.807) is 76.2 Å². The number of anilines is 4. The Kier molecular flexibility index (Phi) is 7.11. The van der Waals surface area contributed by atoms with Gasteiger partial charge in [0.1, 0.15) is 0 Å². The summed E-state index contributed by atoms with van der Waals surface area (Å²) in [6, 6.07) is 20.8. The lowest BCUT2D eigenvalue weighted by molar-refractivity contribution is -0.122. The van der Waals surface area contributed by atoms with Crippen molar-refractivity contribution in [3.63, 3.8) is 0 Å². The molecule has 0 bridgehead atoms. The average Bonchev–Trinajstić information content (AvgIpc) is 3.30. The van der Waals surface area contributed by atoms with E-state index in [0.29, 0.717) is 51.5 Å². The third kappa shape index (κ3) is 5.05. The number of amides is 5. The van der Waals surface area contributed by atoms with Crippen LogP contribution in [0.3, 0.4) is 0 Å². The van der Waals surface area contributed by atoms with Gasteiger partial charge in [-0.2, -0.15) is 0 Å². The van der Waals surface area contributed by atoms with E-state index in [9.17, 15) is 24.0 Å². The monoisotopic (exact) mass is 548 g/mol. The summed E-state index contributed by atoms with van der Waals surface area (Å²) in [5.41, 5.74) is 5.53. The number of imide groups is 2. The number of carbonyl (C=O) groups excluding carboxylic acids is 5. The molecule has 0 aliphatic carbocycles. The van der Waals surface area contributed by atoms with Crippen molar-refractivity contribution < 1.29 is 24.0 Å². The summed E-state index contributed by atoms with van der Waals surface area (Å²) < 4.78 is 0. The van der Waals surface area contributed by atoms with Gasteiger partial charge in [-0.1, -0.05) is 12.1 Å². The maximum absolute atomic E-state index is 12.7. The summed E-state index contributed by atoms with van der Waals surface area (Å²) in [6.07, 6.45) is 0. The fraction of sp³-hybridized carbons (Fsp3) is 0.156. The minimum atomic E-state index is -0.354. The molecule has 0 saturated heterocycles. The third-order valence-corrected chi connectivity index (χ3v) is 7.44. The second kappa shape index (κ2) is 10.7. The summed E-state index contributed by atoms with van der Waals surface area (Å²) in [6.45, 7) is 7.08. The first kappa shape index (κ1) is 27.3. The van der Waals surface area contributed by atoms with Crippen LogP contribution in [-0.2, 0) is 25.7 Å². The second-order valence-corrected chi connectivity index (χ2v) is 9.99. The van der Waals surface area contributed by atoms with Gasteiger partial charge in [-0.05, 0) is 93.9 Å². The number of hydrogen-bond acceptors (Lipinski definition) is 6. The van der Waals surface area contributed by atoms with Crippen LogP contribution in [0.1, 0.15) is 43.6 Å². The summed E-state index contributed by atoms with van der Waals surface area (Å²) >= 11 is 0. The van der Waals surface area contributed by atoms with Crippen molar-refractivity contribution in [3.05, 3.63) is 106 Å². The van der Waals surface area contributed by atoms with Crippen LogP contribution in [0.25, 0.3) is 0 Å². The van der Waals surface area contributed by atoms with E-state index in [1.807, 2.05) is 24.3 Å². The minimum absolute atomic E-state index is 0.291. The molecule has 206 valence electrons. The first-order valence-electron chi connectivity index (χ1n) is 13.0. The zero-order valence-electron chi connectivity index (χ0n) is 23.1. The van der Waals surface area contributed by atoms with Crippen molar-refractivity contribution in [3.8, 4) is 0 Å². The van der Waals surface area contributed by atoms with Gasteiger partial charge >= 0.3 is 0 Å². The van der Waals surface area contributed by atoms with Crippen LogP contribution in [0.2, 0.25) is 0 Å². The second-order valence-electron chi connectivity index (χ2n) is 9.99. The zero-order chi connectivity index (χ0) is 29.4. The fourth-order valence-electron chi connectivity index (χ4n) is 4.57. The third-order valence-electron chi connectivity index (χ3n) is 7.44. The highest BCUT2D eigenvalue weighted by Crippen LogP contribution is 2.28. The molecule has 0 aromatic heterocycles. The predicted molar refractivity (Wildman–Crippen MR) is 156 cm³/mol. The first-order valence-corrected chi connectivity index (χ1v) is 13.0. The number of rotatable bonds is 7. The molecule has 9 nitrogen and oxygen atoms in total. The molecule has 0 fully saturated rings. The molecule has 5 rings (SSSR count). The Labute approximate surface area is 237 Å². The maximum atomic E-state index is 12.7. The lowest BCUT2D eigenvalue weighted by Gasteiger charge is -2.16. The molecule has 2 aliphatic rings. The Morgan fingerprint density at radius 1 is 0.561 bits per heavy atom. The van der Waals surface area contributed by atoms with Crippen molar-refractivity contribution in [1.82, 2.24) is 0 Å². The van der Waals surface area contributed by atoms with Crippen LogP contribution >= 0.6 is 0 Å². The van der Waals surface area contributed by atoms with E-state index < -0.39 is 0 Å². The van der Waals surface area contributed by atoms with E-state index >= 15 is 0 Å². The van der Waals surface area contributed by atoms with Crippen LogP contribution in [-0.4, -0.2) is 29.5 Å². The molecule has 2 N–H and O–H groups in total. The molecule has 0 unspecified atom stereocenters. The first-order chi connectivity index (χ1) is 19.6. The van der Waals surface area contributed by atoms with E-state index in [4.69, 9.17) is 0 Å². The number of nitrogens with zero attached hydrogens (tertiary/aromatic N) is 2. The van der Waals surface area contributed by atoms with Crippen LogP contribution in [0.5, 0.6) is 0 Å². The van der Waals surface area contributed by atoms with Gasteiger partial charge in [0.25, 0.3) is 29.5 Å². The largest absolute Gasteiger partial charge is 0.381 e. The highest BCUT2D eigenvalue weighted by atomic mass is 16.2. The summed E-state index contributed by atoms with van der Waals surface area (Å²) in [5.74, 6) is -1.61. The Morgan fingerprint density at radius 2 is 0.951 bits per heavy atom. The molecular weight excluding hydrogens is 520 g/mol. The minimum Gasteiger partial charge on any atom is -0.381 e. The summed E-state index contributed by atoms with van der Waals surface area (Å²) in [5, 5.41) is 6.15. The van der Waals surface area contributed by atoms with Crippen molar-refractivity contribution in [2.24, 2.45) is 0 Å². The summed E-state index contributed by atoms with van der Waals surface area (Å²) in [4.78, 5) is 64.6. The van der Waals surface area contributed by atoms with Gasteiger partial charge in [-0.3, -0.25) is 24.0 Å². The van der Waals surface area contributed by atoms with E-state index in [0.717, 1.165) is 16.2 Å². The van der Waals surface area contributed by atoms with Crippen molar-refractivity contribution >= 4 is 52.3 Å². The van der Waals surface area contributed by atoms with Crippen LogP contribution in [0.15, 0.2) is 95.1 Å². The van der Waals surface area contributed by atoms with Gasteiger partial charge < -0.3 is 10.6 Å². The molecular formula is C32H28N4O5. The Balaban J connectivity index is 1.15. The highest BCUT2D eigenvalue weighted by molar-refractivity contribution is 6.33.